The Morgan fingerprint density at radius 2 is 2.21 bits per heavy atom. The van der Waals surface area contributed by atoms with Gasteiger partial charge in [0.05, 0.1) is 10.2 Å². The number of carboxylic acids is 1. The Bertz CT molecular complexity index is 592. The smallest absolute Gasteiger partial charge is 0.323 e. The molecule has 1 N–H and O–H groups in total. The fraction of sp³-hybridized carbons (Fsp3) is 0.462. The van der Waals surface area contributed by atoms with Crippen LogP contribution >= 0.6 is 11.3 Å². The zero-order valence-corrected chi connectivity index (χ0v) is 11.3. The second kappa shape index (κ2) is 5.13. The summed E-state index contributed by atoms with van der Waals surface area (Å²) in [7, 11) is 0. The maximum absolute atomic E-state index is 11.1. The molecule has 0 amide bonds. The Hall–Kier alpha value is -1.69. The molecule has 0 radical (unpaired) electrons. The Balaban J connectivity index is 2.02. The van der Waals surface area contributed by atoms with Crippen LogP contribution in [0.15, 0.2) is 17.8 Å². The summed E-state index contributed by atoms with van der Waals surface area (Å²) in [6.45, 7) is 0.00861. The van der Waals surface area contributed by atoms with Gasteiger partial charge in [0.15, 0.2) is 5.82 Å². The van der Waals surface area contributed by atoms with E-state index in [1.54, 1.807) is 11.3 Å². The van der Waals surface area contributed by atoms with Crippen molar-refractivity contribution in [3.8, 4) is 0 Å². The molecule has 6 heteroatoms. The van der Waals surface area contributed by atoms with Crippen molar-refractivity contribution in [2.75, 3.05) is 11.4 Å². The molecule has 100 valence electrons. The maximum atomic E-state index is 11.1. The minimum atomic E-state index is -0.810. The van der Waals surface area contributed by atoms with Gasteiger partial charge < -0.3 is 10.0 Å². The van der Waals surface area contributed by atoms with Crippen molar-refractivity contribution in [3.63, 3.8) is 0 Å². The van der Waals surface area contributed by atoms with Crippen LogP contribution in [-0.2, 0) is 4.79 Å². The van der Waals surface area contributed by atoms with E-state index in [0.717, 1.165) is 28.9 Å². The Morgan fingerprint density at radius 1 is 1.42 bits per heavy atom. The highest BCUT2D eigenvalue weighted by Gasteiger charge is 2.27. The molecule has 0 aromatic carbocycles. The molecule has 1 fully saturated rings. The number of carbonyl (C=O) groups is 1. The quantitative estimate of drug-likeness (QED) is 0.930. The van der Waals surface area contributed by atoms with Crippen LogP contribution in [-0.4, -0.2) is 33.6 Å². The van der Waals surface area contributed by atoms with E-state index in [4.69, 9.17) is 5.11 Å². The first-order chi connectivity index (χ1) is 9.25. The van der Waals surface area contributed by atoms with Crippen molar-refractivity contribution in [1.82, 2.24) is 9.97 Å². The molecule has 19 heavy (non-hydrogen) atoms. The molecule has 0 bridgehead atoms. The SMILES string of the molecule is O=C(O)CN(c1ncnc2ccsc12)C1CCCC1. The van der Waals surface area contributed by atoms with Crippen molar-refractivity contribution in [2.24, 2.45) is 0 Å². The van der Waals surface area contributed by atoms with Gasteiger partial charge >= 0.3 is 5.97 Å². The maximum Gasteiger partial charge on any atom is 0.323 e. The van der Waals surface area contributed by atoms with E-state index in [1.165, 1.54) is 19.2 Å². The van der Waals surface area contributed by atoms with Crippen LogP contribution in [0.4, 0.5) is 5.82 Å². The van der Waals surface area contributed by atoms with Gasteiger partial charge in [-0.25, -0.2) is 9.97 Å². The summed E-state index contributed by atoms with van der Waals surface area (Å²) in [4.78, 5) is 21.6. The third-order valence-corrected chi connectivity index (χ3v) is 4.47. The molecule has 1 aliphatic rings. The van der Waals surface area contributed by atoms with Crippen LogP contribution in [0, 0.1) is 0 Å². The molecule has 0 atom stereocenters. The highest BCUT2D eigenvalue weighted by atomic mass is 32.1. The van der Waals surface area contributed by atoms with Gasteiger partial charge in [0, 0.05) is 6.04 Å². The van der Waals surface area contributed by atoms with Crippen LogP contribution in [0.2, 0.25) is 0 Å². The number of hydrogen-bond donors (Lipinski definition) is 1. The topological polar surface area (TPSA) is 66.3 Å². The number of aromatic nitrogens is 2. The zero-order valence-electron chi connectivity index (χ0n) is 10.5. The molecule has 2 aromatic heterocycles. The first-order valence-corrected chi connectivity index (χ1v) is 7.30. The second-order valence-corrected chi connectivity index (χ2v) is 5.71. The lowest BCUT2D eigenvalue weighted by molar-refractivity contribution is -0.135. The summed E-state index contributed by atoms with van der Waals surface area (Å²) < 4.78 is 0.982. The lowest BCUT2D eigenvalue weighted by atomic mass is 10.2. The molecule has 2 heterocycles. The molecule has 0 spiro atoms. The lowest BCUT2D eigenvalue weighted by Gasteiger charge is -2.28. The lowest BCUT2D eigenvalue weighted by Crippen LogP contribution is -2.38. The van der Waals surface area contributed by atoms with Crippen molar-refractivity contribution < 1.29 is 9.90 Å². The van der Waals surface area contributed by atoms with Crippen LogP contribution in [0.1, 0.15) is 25.7 Å². The first kappa shape index (κ1) is 12.3. The predicted octanol–water partition coefficient (Wildman–Crippen LogP) is 2.52. The van der Waals surface area contributed by atoms with Gasteiger partial charge in [-0.3, -0.25) is 4.79 Å². The highest BCUT2D eigenvalue weighted by Crippen LogP contribution is 2.33. The van der Waals surface area contributed by atoms with E-state index < -0.39 is 5.97 Å². The number of anilines is 1. The average molecular weight is 277 g/mol. The number of fused-ring (bicyclic) bond motifs is 1. The number of hydrogen-bond acceptors (Lipinski definition) is 5. The highest BCUT2D eigenvalue weighted by molar-refractivity contribution is 7.17. The largest absolute Gasteiger partial charge is 0.480 e. The zero-order chi connectivity index (χ0) is 13.2. The second-order valence-electron chi connectivity index (χ2n) is 4.79. The molecular weight excluding hydrogens is 262 g/mol. The van der Waals surface area contributed by atoms with E-state index in [2.05, 4.69) is 9.97 Å². The van der Waals surface area contributed by atoms with Crippen molar-refractivity contribution in [3.05, 3.63) is 17.8 Å². The average Bonchev–Trinajstić information content (AvgIpc) is 3.05. The Labute approximate surface area is 114 Å². The standard InChI is InChI=1S/C13H15N3O2S/c17-11(18)7-16(9-3-1-2-4-9)13-12-10(5-6-19-12)14-8-15-13/h5-6,8-9H,1-4,7H2,(H,17,18). The van der Waals surface area contributed by atoms with Gasteiger partial charge in [-0.1, -0.05) is 12.8 Å². The van der Waals surface area contributed by atoms with Crippen LogP contribution in [0.3, 0.4) is 0 Å². The number of thiophene rings is 1. The summed E-state index contributed by atoms with van der Waals surface area (Å²) in [5.74, 6) is -0.0375. The van der Waals surface area contributed by atoms with Crippen molar-refractivity contribution in [1.29, 1.82) is 0 Å². The van der Waals surface area contributed by atoms with Gasteiger partial charge in [0.2, 0.25) is 0 Å². The fourth-order valence-corrected chi connectivity index (χ4v) is 3.57. The van der Waals surface area contributed by atoms with E-state index in [0.29, 0.717) is 0 Å². The van der Waals surface area contributed by atoms with Gasteiger partial charge in [-0.2, -0.15) is 0 Å². The van der Waals surface area contributed by atoms with E-state index in [9.17, 15) is 4.79 Å². The number of nitrogens with zero attached hydrogens (tertiary/aromatic N) is 3. The molecule has 3 rings (SSSR count). The van der Waals surface area contributed by atoms with Gasteiger partial charge in [-0.15, -0.1) is 11.3 Å². The molecule has 1 saturated carbocycles. The summed E-state index contributed by atoms with van der Waals surface area (Å²) in [5, 5.41) is 11.1. The van der Waals surface area contributed by atoms with E-state index in [-0.39, 0.29) is 12.6 Å². The predicted molar refractivity (Wildman–Crippen MR) is 74.7 cm³/mol. The number of rotatable bonds is 4. The molecule has 1 aliphatic carbocycles. The summed E-state index contributed by atoms with van der Waals surface area (Å²) in [6.07, 6.45) is 5.95. The van der Waals surface area contributed by atoms with Gasteiger partial charge in [-0.05, 0) is 24.3 Å². The number of aliphatic carboxylic acids is 1. The minimum Gasteiger partial charge on any atom is -0.480 e. The van der Waals surface area contributed by atoms with Crippen molar-refractivity contribution in [2.45, 2.75) is 31.7 Å². The van der Waals surface area contributed by atoms with E-state index >= 15 is 0 Å². The first-order valence-electron chi connectivity index (χ1n) is 6.42. The molecule has 0 unspecified atom stereocenters. The molecule has 0 saturated heterocycles. The Morgan fingerprint density at radius 3 is 2.95 bits per heavy atom. The minimum absolute atomic E-state index is 0.00861. The van der Waals surface area contributed by atoms with Crippen LogP contribution < -0.4 is 4.90 Å². The molecule has 2 aromatic rings. The van der Waals surface area contributed by atoms with Gasteiger partial charge in [0.1, 0.15) is 12.9 Å². The van der Waals surface area contributed by atoms with Crippen LogP contribution in [0.5, 0.6) is 0 Å². The summed E-state index contributed by atoms with van der Waals surface area (Å²) in [6, 6.07) is 2.23. The summed E-state index contributed by atoms with van der Waals surface area (Å²) >= 11 is 1.57. The molecule has 5 nitrogen and oxygen atoms in total. The van der Waals surface area contributed by atoms with E-state index in [1.807, 2.05) is 16.3 Å². The monoisotopic (exact) mass is 277 g/mol. The Kier molecular flexibility index (Phi) is 3.33. The van der Waals surface area contributed by atoms with Gasteiger partial charge in [0.25, 0.3) is 0 Å². The van der Waals surface area contributed by atoms with Crippen molar-refractivity contribution >= 4 is 33.3 Å². The third kappa shape index (κ3) is 2.40. The van der Waals surface area contributed by atoms with Crippen LogP contribution in [0.25, 0.3) is 10.2 Å². The molecule has 0 aliphatic heterocycles. The normalized spacial score (nSPS) is 16.0. The molecular formula is C13H15N3O2S. The third-order valence-electron chi connectivity index (χ3n) is 3.57. The fourth-order valence-electron chi connectivity index (χ4n) is 2.72. The summed E-state index contributed by atoms with van der Waals surface area (Å²) in [5.41, 5.74) is 0.892. The number of carboxylic acid groups (broad SMARTS) is 1.